The number of imidazole rings is 1. The first kappa shape index (κ1) is 14.3. The number of nitrogens with zero attached hydrogens (tertiary/aromatic N) is 4. The Morgan fingerprint density at radius 2 is 1.78 bits per heavy atom. The third kappa shape index (κ3) is 2.94. The zero-order valence-electron chi connectivity index (χ0n) is 13.5. The van der Waals surface area contributed by atoms with E-state index in [1.165, 1.54) is 16.9 Å². The number of hydrogen-bond donors (Lipinski definition) is 0. The summed E-state index contributed by atoms with van der Waals surface area (Å²) in [7, 11) is 2.19. The molecule has 1 fully saturated rings. The van der Waals surface area contributed by atoms with Crippen molar-refractivity contribution >= 4 is 11.3 Å². The minimum Gasteiger partial charge on any atom is -0.369 e. The van der Waals surface area contributed by atoms with Gasteiger partial charge >= 0.3 is 0 Å². The molecule has 2 aromatic heterocycles. The van der Waals surface area contributed by atoms with Crippen molar-refractivity contribution in [2.75, 3.05) is 38.1 Å². The second kappa shape index (κ2) is 6.05. The molecule has 4 heteroatoms. The number of anilines is 1. The fraction of sp³-hybridized carbons (Fsp3) is 0.316. The van der Waals surface area contributed by atoms with Crippen molar-refractivity contribution in [3.8, 4) is 0 Å². The van der Waals surface area contributed by atoms with E-state index in [0.29, 0.717) is 0 Å². The van der Waals surface area contributed by atoms with Crippen LogP contribution in [0.5, 0.6) is 0 Å². The zero-order valence-corrected chi connectivity index (χ0v) is 13.5. The number of pyridine rings is 1. The Hall–Kier alpha value is -2.33. The van der Waals surface area contributed by atoms with E-state index < -0.39 is 0 Å². The molecule has 4 nitrogen and oxygen atoms in total. The summed E-state index contributed by atoms with van der Waals surface area (Å²) < 4.78 is 2.20. The molecule has 0 N–H and O–H groups in total. The smallest absolute Gasteiger partial charge is 0.138 e. The molecule has 0 aliphatic carbocycles. The van der Waals surface area contributed by atoms with Crippen molar-refractivity contribution in [1.82, 2.24) is 14.3 Å². The molecule has 1 saturated heterocycles. The van der Waals surface area contributed by atoms with Crippen molar-refractivity contribution in [2.45, 2.75) is 6.42 Å². The summed E-state index contributed by atoms with van der Waals surface area (Å²) in [6.07, 6.45) is 5.07. The van der Waals surface area contributed by atoms with Gasteiger partial charge in [0, 0.05) is 62.4 Å². The number of hydrogen-bond acceptors (Lipinski definition) is 3. The molecule has 0 amide bonds. The van der Waals surface area contributed by atoms with Gasteiger partial charge in [-0.15, -0.1) is 0 Å². The van der Waals surface area contributed by atoms with E-state index in [-0.39, 0.29) is 0 Å². The second-order valence-electron chi connectivity index (χ2n) is 6.32. The highest BCUT2D eigenvalue weighted by atomic mass is 15.2. The lowest BCUT2D eigenvalue weighted by Crippen LogP contribution is -2.44. The summed E-state index contributed by atoms with van der Waals surface area (Å²) in [5, 5.41) is 0. The summed E-state index contributed by atoms with van der Waals surface area (Å²) >= 11 is 0. The molecule has 0 bridgehead atoms. The molecule has 3 heterocycles. The first-order chi connectivity index (χ1) is 11.3. The molecule has 0 saturated carbocycles. The lowest BCUT2D eigenvalue weighted by Gasteiger charge is -2.34. The van der Waals surface area contributed by atoms with Gasteiger partial charge in [-0.3, -0.25) is 0 Å². The van der Waals surface area contributed by atoms with Gasteiger partial charge in [0.25, 0.3) is 0 Å². The first-order valence-corrected chi connectivity index (χ1v) is 8.23. The molecule has 4 rings (SSSR count). The zero-order chi connectivity index (χ0) is 15.6. The summed E-state index contributed by atoms with van der Waals surface area (Å²) in [6.45, 7) is 4.42. The van der Waals surface area contributed by atoms with Crippen LogP contribution in [-0.2, 0) is 6.42 Å². The van der Waals surface area contributed by atoms with Gasteiger partial charge in [-0.2, -0.15) is 0 Å². The average molecular weight is 306 g/mol. The Morgan fingerprint density at radius 3 is 2.57 bits per heavy atom. The monoisotopic (exact) mass is 306 g/mol. The Kier molecular flexibility index (Phi) is 3.75. The number of likely N-dealkylation sites (N-methyl/N-ethyl adjacent to an activating group) is 1. The molecule has 0 spiro atoms. The van der Waals surface area contributed by atoms with Crippen LogP contribution >= 0.6 is 0 Å². The Labute approximate surface area is 137 Å². The van der Waals surface area contributed by atoms with Gasteiger partial charge in [-0.05, 0) is 18.7 Å². The molecular formula is C19H22N4. The van der Waals surface area contributed by atoms with E-state index in [2.05, 4.69) is 74.9 Å². The van der Waals surface area contributed by atoms with Crippen LogP contribution in [0.25, 0.3) is 5.65 Å². The quantitative estimate of drug-likeness (QED) is 0.743. The van der Waals surface area contributed by atoms with Gasteiger partial charge in [0.15, 0.2) is 0 Å². The third-order valence-electron chi connectivity index (χ3n) is 4.67. The van der Waals surface area contributed by atoms with E-state index >= 15 is 0 Å². The van der Waals surface area contributed by atoms with Gasteiger partial charge in [0.2, 0.25) is 0 Å². The topological polar surface area (TPSA) is 23.8 Å². The first-order valence-electron chi connectivity index (χ1n) is 8.23. The summed E-state index contributed by atoms with van der Waals surface area (Å²) in [5.74, 6) is 0. The van der Waals surface area contributed by atoms with E-state index in [1.807, 2.05) is 6.20 Å². The summed E-state index contributed by atoms with van der Waals surface area (Å²) in [5.41, 5.74) is 4.86. The number of fused-ring (bicyclic) bond motifs is 1. The maximum Gasteiger partial charge on any atom is 0.138 e. The number of benzene rings is 1. The molecule has 0 atom stereocenters. The van der Waals surface area contributed by atoms with Gasteiger partial charge in [0.1, 0.15) is 5.65 Å². The van der Waals surface area contributed by atoms with Gasteiger partial charge in [-0.1, -0.05) is 30.3 Å². The number of aromatic nitrogens is 2. The van der Waals surface area contributed by atoms with E-state index in [9.17, 15) is 0 Å². The van der Waals surface area contributed by atoms with Crippen LogP contribution in [0.15, 0.2) is 54.9 Å². The molecule has 0 unspecified atom stereocenters. The third-order valence-corrected chi connectivity index (χ3v) is 4.67. The molecule has 1 aliphatic heterocycles. The van der Waals surface area contributed by atoms with Crippen LogP contribution in [0.1, 0.15) is 11.3 Å². The highest BCUT2D eigenvalue weighted by Gasteiger charge is 2.15. The van der Waals surface area contributed by atoms with Gasteiger partial charge in [0.05, 0.1) is 0 Å². The van der Waals surface area contributed by atoms with Crippen LogP contribution in [-0.4, -0.2) is 47.5 Å². The van der Waals surface area contributed by atoms with Gasteiger partial charge < -0.3 is 14.2 Å². The molecule has 118 valence electrons. The minimum absolute atomic E-state index is 0.913. The maximum atomic E-state index is 4.61. The minimum atomic E-state index is 0.913. The average Bonchev–Trinajstić information content (AvgIpc) is 2.99. The fourth-order valence-electron chi connectivity index (χ4n) is 3.22. The molecule has 1 aliphatic rings. The molecule has 0 radical (unpaired) electrons. The van der Waals surface area contributed by atoms with Crippen LogP contribution in [0.4, 0.5) is 5.69 Å². The van der Waals surface area contributed by atoms with Crippen LogP contribution in [0.3, 0.4) is 0 Å². The van der Waals surface area contributed by atoms with Crippen molar-refractivity contribution in [3.05, 3.63) is 66.1 Å². The van der Waals surface area contributed by atoms with Crippen LogP contribution in [0, 0.1) is 0 Å². The number of piperazine rings is 1. The van der Waals surface area contributed by atoms with E-state index in [0.717, 1.165) is 38.2 Å². The molecule has 23 heavy (non-hydrogen) atoms. The van der Waals surface area contributed by atoms with E-state index in [1.54, 1.807) is 0 Å². The summed E-state index contributed by atoms with van der Waals surface area (Å²) in [4.78, 5) is 9.44. The lowest BCUT2D eigenvalue weighted by atomic mass is 10.1. The lowest BCUT2D eigenvalue weighted by molar-refractivity contribution is 0.313. The molecular weight excluding hydrogens is 284 g/mol. The van der Waals surface area contributed by atoms with Crippen LogP contribution in [0.2, 0.25) is 0 Å². The largest absolute Gasteiger partial charge is 0.369 e. The highest BCUT2D eigenvalue weighted by Crippen LogP contribution is 2.20. The van der Waals surface area contributed by atoms with E-state index in [4.69, 9.17) is 0 Å². The van der Waals surface area contributed by atoms with Crippen molar-refractivity contribution in [3.63, 3.8) is 0 Å². The van der Waals surface area contributed by atoms with Crippen molar-refractivity contribution in [2.24, 2.45) is 0 Å². The van der Waals surface area contributed by atoms with Crippen LogP contribution < -0.4 is 4.90 Å². The fourth-order valence-corrected chi connectivity index (χ4v) is 3.22. The SMILES string of the molecule is CN1CCN(c2ccn3c(Cc4ccccc4)cnc3c2)CC1. The predicted octanol–water partition coefficient (Wildman–Crippen LogP) is 2.68. The van der Waals surface area contributed by atoms with Crippen molar-refractivity contribution in [1.29, 1.82) is 0 Å². The number of rotatable bonds is 3. The Morgan fingerprint density at radius 1 is 1.00 bits per heavy atom. The normalized spacial score (nSPS) is 16.1. The van der Waals surface area contributed by atoms with Gasteiger partial charge in [-0.25, -0.2) is 4.98 Å². The predicted molar refractivity (Wildman–Crippen MR) is 94.2 cm³/mol. The second-order valence-corrected chi connectivity index (χ2v) is 6.32. The standard InChI is InChI=1S/C19H22N4/c1-21-9-11-22(12-10-21)17-7-8-23-18(15-20-19(23)14-17)13-16-5-3-2-4-6-16/h2-8,14-15H,9-13H2,1H3. The Bertz CT molecular complexity index is 785. The highest BCUT2D eigenvalue weighted by molar-refractivity contribution is 5.57. The molecule has 3 aromatic rings. The Balaban J connectivity index is 1.59. The maximum absolute atomic E-state index is 4.61. The summed E-state index contributed by atoms with van der Waals surface area (Å²) in [6, 6.07) is 15.0. The molecule has 1 aromatic carbocycles. The van der Waals surface area contributed by atoms with Crippen molar-refractivity contribution < 1.29 is 0 Å².